The number of hydrogen-bond acceptors (Lipinski definition) is 5. The molecule has 1 aromatic carbocycles. The first-order valence-electron chi connectivity index (χ1n) is 7.91. The van der Waals surface area contributed by atoms with E-state index in [-0.39, 0.29) is 24.7 Å². The van der Waals surface area contributed by atoms with E-state index in [9.17, 15) is 18.8 Å². The van der Waals surface area contributed by atoms with Crippen LogP contribution in [0.3, 0.4) is 0 Å². The second-order valence-electron chi connectivity index (χ2n) is 5.81. The fourth-order valence-electron chi connectivity index (χ4n) is 2.64. The molecule has 0 unspecified atom stereocenters. The Bertz CT molecular complexity index is 854. The van der Waals surface area contributed by atoms with Gasteiger partial charge in [0.25, 0.3) is 0 Å². The second kappa shape index (κ2) is 7.30. The monoisotopic (exact) mass is 357 g/mol. The molecule has 1 aliphatic rings. The van der Waals surface area contributed by atoms with Crippen LogP contribution in [-0.4, -0.2) is 42.5 Å². The number of cyclic esters (lactones) is 1. The predicted molar refractivity (Wildman–Crippen MR) is 91.3 cm³/mol. The highest BCUT2D eigenvalue weighted by Gasteiger charge is 2.32. The zero-order chi connectivity index (χ0) is 18.7. The van der Waals surface area contributed by atoms with E-state index in [1.165, 1.54) is 36.2 Å². The number of benzene rings is 1. The molecule has 0 saturated carbocycles. The number of hydrogen-bond donors (Lipinski definition) is 1. The number of carbonyl (C=O) groups excluding carboxylic acids is 3. The Labute approximate surface area is 148 Å². The lowest BCUT2D eigenvalue weighted by Gasteiger charge is -2.14. The first-order chi connectivity index (χ1) is 12.5. The first-order valence-corrected chi connectivity index (χ1v) is 7.91. The predicted octanol–water partition coefficient (Wildman–Crippen LogP) is 2.16. The molecule has 0 radical (unpaired) electrons. The summed E-state index contributed by atoms with van der Waals surface area (Å²) in [6, 6.07) is 7.48. The zero-order valence-corrected chi connectivity index (χ0v) is 13.9. The molecule has 2 aromatic rings. The summed E-state index contributed by atoms with van der Waals surface area (Å²) < 4.78 is 19.7. The Hall–Kier alpha value is -3.29. The van der Waals surface area contributed by atoms with Gasteiger partial charge in [-0.05, 0) is 24.3 Å². The Morgan fingerprint density at radius 2 is 2.23 bits per heavy atom. The average Bonchev–Trinajstić information content (AvgIpc) is 3.01. The van der Waals surface area contributed by atoms with Crippen LogP contribution in [0.5, 0.6) is 0 Å². The van der Waals surface area contributed by atoms with Gasteiger partial charge in [0.2, 0.25) is 5.91 Å². The van der Waals surface area contributed by atoms with Gasteiger partial charge in [0, 0.05) is 24.2 Å². The number of nitrogens with one attached hydrogen (secondary N) is 1. The van der Waals surface area contributed by atoms with Crippen LogP contribution in [0.25, 0.3) is 11.1 Å². The molecule has 1 atom stereocenters. The van der Waals surface area contributed by atoms with Crippen LogP contribution < -0.4 is 10.2 Å². The van der Waals surface area contributed by atoms with Crippen molar-refractivity contribution >= 4 is 24.0 Å². The molecule has 8 heteroatoms. The molecule has 1 fully saturated rings. The molecule has 1 aromatic heterocycles. The number of carbonyl (C=O) groups is 3. The van der Waals surface area contributed by atoms with Crippen molar-refractivity contribution in [2.75, 3.05) is 18.0 Å². The fraction of sp³-hybridized carbons (Fsp3) is 0.222. The molecule has 3 rings (SSSR count). The molecule has 0 spiro atoms. The van der Waals surface area contributed by atoms with Crippen molar-refractivity contribution in [3.05, 3.63) is 48.0 Å². The van der Waals surface area contributed by atoms with Crippen LogP contribution >= 0.6 is 0 Å². The summed E-state index contributed by atoms with van der Waals surface area (Å²) in [6.07, 6.45) is 0.938. The van der Waals surface area contributed by atoms with Crippen LogP contribution in [-0.2, 0) is 9.53 Å². The van der Waals surface area contributed by atoms with Crippen molar-refractivity contribution in [3.63, 3.8) is 0 Å². The number of ether oxygens (including phenoxy) is 1. The van der Waals surface area contributed by atoms with Gasteiger partial charge < -0.3 is 10.1 Å². The topological polar surface area (TPSA) is 88.6 Å². The molecule has 26 heavy (non-hydrogen) atoms. The molecule has 1 N–H and O–H groups in total. The molecular formula is C18H16FN3O4. The molecule has 7 nitrogen and oxygen atoms in total. The largest absolute Gasteiger partial charge is 0.442 e. The Kier molecular flexibility index (Phi) is 4.92. The van der Waals surface area contributed by atoms with Crippen molar-refractivity contribution in [2.24, 2.45) is 0 Å². The zero-order valence-electron chi connectivity index (χ0n) is 13.9. The summed E-state index contributed by atoms with van der Waals surface area (Å²) in [7, 11) is 0. The van der Waals surface area contributed by atoms with Crippen molar-refractivity contribution in [3.8, 4) is 11.1 Å². The number of halogens is 1. The minimum Gasteiger partial charge on any atom is -0.442 e. The second-order valence-corrected chi connectivity index (χ2v) is 5.81. The van der Waals surface area contributed by atoms with Crippen LogP contribution in [0.1, 0.15) is 17.4 Å². The SMILES string of the molecule is CC(=O)NC[C@H]1CN(c2ccc(-c3ccc(C=O)nc3)c(F)c2)C(=O)O1. The minimum atomic E-state index is -0.593. The maximum Gasteiger partial charge on any atom is 0.414 e. The van der Waals surface area contributed by atoms with Crippen molar-refractivity contribution in [1.29, 1.82) is 0 Å². The number of pyridine rings is 1. The lowest BCUT2D eigenvalue weighted by atomic mass is 10.1. The molecule has 134 valence electrons. The Morgan fingerprint density at radius 1 is 1.42 bits per heavy atom. The van der Waals surface area contributed by atoms with Crippen LogP contribution in [0.2, 0.25) is 0 Å². The summed E-state index contributed by atoms with van der Waals surface area (Å²) in [5.41, 5.74) is 1.45. The lowest BCUT2D eigenvalue weighted by molar-refractivity contribution is -0.119. The molecule has 2 heterocycles. The van der Waals surface area contributed by atoms with E-state index in [0.717, 1.165) is 0 Å². The number of aromatic nitrogens is 1. The van der Waals surface area contributed by atoms with E-state index in [2.05, 4.69) is 10.3 Å². The number of rotatable bonds is 5. The van der Waals surface area contributed by atoms with Crippen LogP contribution in [0, 0.1) is 5.82 Å². The highest BCUT2D eigenvalue weighted by atomic mass is 19.1. The molecule has 2 amide bonds. The Balaban J connectivity index is 1.77. The van der Waals surface area contributed by atoms with Crippen molar-refractivity contribution in [2.45, 2.75) is 13.0 Å². The normalized spacial score (nSPS) is 16.3. The van der Waals surface area contributed by atoms with Gasteiger partial charge in [0.1, 0.15) is 17.6 Å². The van der Waals surface area contributed by atoms with Gasteiger partial charge in [-0.3, -0.25) is 19.5 Å². The van der Waals surface area contributed by atoms with E-state index < -0.39 is 18.0 Å². The quantitative estimate of drug-likeness (QED) is 0.829. The summed E-state index contributed by atoms with van der Waals surface area (Å²) in [5.74, 6) is -0.745. The highest BCUT2D eigenvalue weighted by molar-refractivity contribution is 5.90. The van der Waals surface area contributed by atoms with Gasteiger partial charge >= 0.3 is 6.09 Å². The van der Waals surface area contributed by atoms with Crippen LogP contribution in [0.15, 0.2) is 36.5 Å². The summed E-state index contributed by atoms with van der Waals surface area (Å²) in [4.78, 5) is 38.8. The first kappa shape index (κ1) is 17.5. The van der Waals surface area contributed by atoms with Gasteiger partial charge in [-0.1, -0.05) is 6.07 Å². The Morgan fingerprint density at radius 3 is 2.85 bits per heavy atom. The van der Waals surface area contributed by atoms with E-state index in [1.807, 2.05) is 0 Å². The molecule has 1 aliphatic heterocycles. The van der Waals surface area contributed by atoms with Gasteiger partial charge in [0.05, 0.1) is 18.8 Å². The van der Waals surface area contributed by atoms with Gasteiger partial charge in [0.15, 0.2) is 6.29 Å². The standard InChI is InChI=1S/C18H16FN3O4/c1-11(24)20-8-15-9-22(18(25)26-15)14-4-5-16(17(19)6-14)12-2-3-13(10-23)21-7-12/h2-7,10,15H,8-9H2,1H3,(H,20,24)/t15-/m0/s1. The maximum atomic E-state index is 14.5. The smallest absolute Gasteiger partial charge is 0.414 e. The summed E-state index contributed by atoms with van der Waals surface area (Å²) >= 11 is 0. The highest BCUT2D eigenvalue weighted by Crippen LogP contribution is 2.28. The van der Waals surface area contributed by atoms with Gasteiger partial charge in [-0.15, -0.1) is 0 Å². The lowest BCUT2D eigenvalue weighted by Crippen LogP contribution is -2.33. The molecule has 1 saturated heterocycles. The van der Waals surface area contributed by atoms with Crippen molar-refractivity contribution < 1.29 is 23.5 Å². The van der Waals surface area contributed by atoms with E-state index in [4.69, 9.17) is 4.74 Å². The van der Waals surface area contributed by atoms with Crippen molar-refractivity contribution in [1.82, 2.24) is 10.3 Å². The minimum absolute atomic E-state index is 0.201. The van der Waals surface area contributed by atoms with Gasteiger partial charge in [-0.25, -0.2) is 9.18 Å². The van der Waals surface area contributed by atoms with Gasteiger partial charge in [-0.2, -0.15) is 0 Å². The molecule has 0 aliphatic carbocycles. The maximum absolute atomic E-state index is 14.5. The third kappa shape index (κ3) is 3.69. The number of aldehydes is 1. The summed E-state index contributed by atoms with van der Waals surface area (Å²) in [6.45, 7) is 1.79. The molecule has 0 bridgehead atoms. The third-order valence-electron chi connectivity index (χ3n) is 3.94. The van der Waals surface area contributed by atoms with Crippen LogP contribution in [0.4, 0.5) is 14.9 Å². The van der Waals surface area contributed by atoms with E-state index in [0.29, 0.717) is 23.1 Å². The number of amides is 2. The van der Waals surface area contributed by atoms with E-state index >= 15 is 0 Å². The summed E-state index contributed by atoms with van der Waals surface area (Å²) in [5, 5.41) is 2.58. The number of nitrogens with zero attached hydrogens (tertiary/aromatic N) is 2. The molecular weight excluding hydrogens is 341 g/mol. The fourth-order valence-corrected chi connectivity index (χ4v) is 2.64. The average molecular weight is 357 g/mol. The third-order valence-corrected chi connectivity index (χ3v) is 3.94. The van der Waals surface area contributed by atoms with E-state index in [1.54, 1.807) is 12.1 Å². The number of anilines is 1.